The Labute approximate surface area is 336 Å². The number of hydrogen-bond donors (Lipinski definition) is 0. The highest BCUT2D eigenvalue weighted by Gasteiger charge is 2.19. The summed E-state index contributed by atoms with van der Waals surface area (Å²) in [6, 6.07) is 81.1. The average Bonchev–Trinajstić information content (AvgIpc) is 3.29. The first-order valence-corrected chi connectivity index (χ1v) is 20.2. The molecular weight excluding hydrogens is 697 g/mol. The summed E-state index contributed by atoms with van der Waals surface area (Å²) in [7, 11) is 0. The third-order valence-corrected chi connectivity index (χ3v) is 12.4. The van der Waals surface area contributed by atoms with E-state index in [2.05, 4.69) is 218 Å². The van der Waals surface area contributed by atoms with Crippen molar-refractivity contribution < 1.29 is 0 Å². The highest BCUT2D eigenvalue weighted by molar-refractivity contribution is 6.23. The van der Waals surface area contributed by atoms with Gasteiger partial charge in [-0.2, -0.15) is 0 Å². The molecule has 0 heterocycles. The Morgan fingerprint density at radius 1 is 0.172 bits per heavy atom. The number of rotatable bonds is 4. The summed E-state index contributed by atoms with van der Waals surface area (Å²) in [5, 5.41) is 17.7. The van der Waals surface area contributed by atoms with E-state index in [0.717, 1.165) is 0 Å². The molecule has 268 valence electrons. The molecule has 0 saturated heterocycles. The van der Waals surface area contributed by atoms with Crippen molar-refractivity contribution in [2.24, 2.45) is 0 Å². The summed E-state index contributed by atoms with van der Waals surface area (Å²) in [4.78, 5) is 0. The van der Waals surface area contributed by atoms with Crippen molar-refractivity contribution in [2.75, 3.05) is 0 Å². The van der Waals surface area contributed by atoms with Gasteiger partial charge in [-0.15, -0.1) is 0 Å². The van der Waals surface area contributed by atoms with Gasteiger partial charge in [-0.3, -0.25) is 0 Å². The van der Waals surface area contributed by atoms with Gasteiger partial charge in [0.05, 0.1) is 0 Å². The normalized spacial score (nSPS) is 11.8. The van der Waals surface area contributed by atoms with E-state index in [0.29, 0.717) is 0 Å². The van der Waals surface area contributed by atoms with Crippen LogP contribution in [0.5, 0.6) is 0 Å². The predicted octanol–water partition coefficient (Wildman–Crippen LogP) is 16.4. The Kier molecular flexibility index (Phi) is 7.33. The summed E-state index contributed by atoms with van der Waals surface area (Å²) in [5.74, 6) is 0. The molecule has 12 aromatic carbocycles. The number of hydrogen-bond acceptors (Lipinski definition) is 0. The molecule has 0 nitrogen and oxygen atoms in total. The minimum Gasteiger partial charge on any atom is -0.0616 e. The fraction of sp³-hybridized carbons (Fsp3) is 0. The summed E-state index contributed by atoms with van der Waals surface area (Å²) in [6.07, 6.45) is 0. The lowest BCUT2D eigenvalue weighted by Crippen LogP contribution is -1.92. The Morgan fingerprint density at radius 3 is 1.43 bits per heavy atom. The SMILES string of the molecule is c1ccc2cc(-c3c4ccccc4c(-c4ccc(-c5cccc6ccccc56)cc4)c4cc(-c5cccc6c5ccc5cc7ccccc7cc56)ccc34)ccc2c1. The van der Waals surface area contributed by atoms with Crippen LogP contribution in [0.3, 0.4) is 0 Å². The van der Waals surface area contributed by atoms with E-state index in [9.17, 15) is 0 Å². The quantitative estimate of drug-likeness (QED) is 0.125. The van der Waals surface area contributed by atoms with Crippen LogP contribution < -0.4 is 0 Å². The fourth-order valence-electron chi connectivity index (χ4n) is 9.64. The molecule has 0 atom stereocenters. The molecule has 0 fully saturated rings. The summed E-state index contributed by atoms with van der Waals surface area (Å²) in [6.45, 7) is 0. The van der Waals surface area contributed by atoms with E-state index in [4.69, 9.17) is 0 Å². The molecular formula is C58H36. The molecule has 0 radical (unpaired) electrons. The van der Waals surface area contributed by atoms with Gasteiger partial charge in [0, 0.05) is 0 Å². The second-order valence-electron chi connectivity index (χ2n) is 15.6. The molecule has 0 aliphatic rings. The molecule has 58 heavy (non-hydrogen) atoms. The van der Waals surface area contributed by atoms with Crippen molar-refractivity contribution in [3.63, 3.8) is 0 Å². The zero-order chi connectivity index (χ0) is 38.2. The molecule has 12 aromatic rings. The minimum absolute atomic E-state index is 1.21. The topological polar surface area (TPSA) is 0 Å². The van der Waals surface area contributed by atoms with Gasteiger partial charge >= 0.3 is 0 Å². The Balaban J connectivity index is 1.12. The van der Waals surface area contributed by atoms with Crippen LogP contribution in [-0.4, -0.2) is 0 Å². The molecule has 0 N–H and O–H groups in total. The molecule has 0 amide bonds. The van der Waals surface area contributed by atoms with Crippen LogP contribution in [0.15, 0.2) is 218 Å². The van der Waals surface area contributed by atoms with Gasteiger partial charge in [-0.25, -0.2) is 0 Å². The molecule has 0 aliphatic heterocycles. The van der Waals surface area contributed by atoms with Crippen LogP contribution in [0.4, 0.5) is 0 Å². The minimum atomic E-state index is 1.21. The molecule has 0 unspecified atom stereocenters. The van der Waals surface area contributed by atoms with Crippen molar-refractivity contribution in [1.29, 1.82) is 0 Å². The Hall–Kier alpha value is -7.54. The number of fused-ring (bicyclic) bond motifs is 8. The van der Waals surface area contributed by atoms with Crippen molar-refractivity contribution >= 4 is 75.4 Å². The van der Waals surface area contributed by atoms with Crippen molar-refractivity contribution in [3.05, 3.63) is 218 Å². The highest BCUT2D eigenvalue weighted by Crippen LogP contribution is 2.46. The summed E-state index contributed by atoms with van der Waals surface area (Å²) >= 11 is 0. The third kappa shape index (κ3) is 5.16. The summed E-state index contributed by atoms with van der Waals surface area (Å²) in [5.41, 5.74) is 9.91. The first-order valence-electron chi connectivity index (χ1n) is 20.2. The van der Waals surface area contributed by atoms with Gasteiger partial charge in [-0.1, -0.05) is 194 Å². The van der Waals surface area contributed by atoms with Crippen LogP contribution >= 0.6 is 0 Å². The highest BCUT2D eigenvalue weighted by atomic mass is 14.2. The van der Waals surface area contributed by atoms with Gasteiger partial charge in [0.25, 0.3) is 0 Å². The lowest BCUT2D eigenvalue weighted by Gasteiger charge is -2.20. The van der Waals surface area contributed by atoms with Gasteiger partial charge in [-0.05, 0) is 144 Å². The molecule has 0 spiro atoms. The van der Waals surface area contributed by atoms with E-state index < -0.39 is 0 Å². The maximum atomic E-state index is 2.46. The van der Waals surface area contributed by atoms with Gasteiger partial charge in [0.1, 0.15) is 0 Å². The lowest BCUT2D eigenvalue weighted by molar-refractivity contribution is 1.63. The third-order valence-electron chi connectivity index (χ3n) is 12.4. The second kappa shape index (κ2) is 13.0. The van der Waals surface area contributed by atoms with E-state index >= 15 is 0 Å². The molecule has 0 saturated carbocycles. The van der Waals surface area contributed by atoms with E-state index in [-0.39, 0.29) is 0 Å². The lowest BCUT2D eigenvalue weighted by atomic mass is 9.84. The first-order chi connectivity index (χ1) is 28.7. The molecule has 0 heteroatoms. The van der Waals surface area contributed by atoms with Crippen LogP contribution in [0, 0.1) is 0 Å². The maximum Gasteiger partial charge on any atom is -0.00261 e. The van der Waals surface area contributed by atoms with Gasteiger partial charge in [0.15, 0.2) is 0 Å². The number of benzene rings is 12. The van der Waals surface area contributed by atoms with Crippen LogP contribution in [0.25, 0.3) is 120 Å². The monoisotopic (exact) mass is 732 g/mol. The molecule has 0 bridgehead atoms. The van der Waals surface area contributed by atoms with E-state index in [1.807, 2.05) is 0 Å². The maximum absolute atomic E-state index is 2.46. The molecule has 0 aromatic heterocycles. The molecule has 12 rings (SSSR count). The first kappa shape index (κ1) is 32.7. The summed E-state index contributed by atoms with van der Waals surface area (Å²) < 4.78 is 0. The standard InChI is InChI=1S/C58H36/c1-2-13-41-34-46(28-23-37(41)11-1)58-53-19-8-7-18-52(53)57(40-26-24-39(25-27-40)48-20-9-16-38-12-5-6-17-47(38)48)56-36-45(30-32-54(56)58)49-21-10-22-50-51(49)31-29-44-33-42-14-3-4-15-43(42)35-55(44)50/h1-36H. The smallest absolute Gasteiger partial charge is 0.00261 e. The van der Waals surface area contributed by atoms with Crippen LogP contribution in [-0.2, 0) is 0 Å². The van der Waals surface area contributed by atoms with Gasteiger partial charge in [0.2, 0.25) is 0 Å². The van der Waals surface area contributed by atoms with Crippen LogP contribution in [0.1, 0.15) is 0 Å². The Bertz CT molecular complexity index is 3600. The second-order valence-corrected chi connectivity index (χ2v) is 15.6. The van der Waals surface area contributed by atoms with E-state index in [1.54, 1.807) is 0 Å². The van der Waals surface area contributed by atoms with Crippen molar-refractivity contribution in [2.45, 2.75) is 0 Å². The van der Waals surface area contributed by atoms with Crippen LogP contribution in [0.2, 0.25) is 0 Å². The Morgan fingerprint density at radius 2 is 0.655 bits per heavy atom. The van der Waals surface area contributed by atoms with Gasteiger partial charge < -0.3 is 0 Å². The van der Waals surface area contributed by atoms with E-state index in [1.165, 1.54) is 120 Å². The fourth-order valence-corrected chi connectivity index (χ4v) is 9.64. The zero-order valence-electron chi connectivity index (χ0n) is 31.8. The van der Waals surface area contributed by atoms with Crippen molar-refractivity contribution in [1.82, 2.24) is 0 Å². The zero-order valence-corrected chi connectivity index (χ0v) is 31.8. The molecule has 0 aliphatic carbocycles. The average molecular weight is 733 g/mol. The largest absolute Gasteiger partial charge is 0.0616 e. The predicted molar refractivity (Wildman–Crippen MR) is 251 cm³/mol. The van der Waals surface area contributed by atoms with Crippen molar-refractivity contribution in [3.8, 4) is 44.5 Å².